The predicted molar refractivity (Wildman–Crippen MR) is 84.9 cm³/mol. The van der Waals surface area contributed by atoms with Crippen LogP contribution in [0, 0.1) is 6.92 Å². The molecule has 0 aliphatic rings. The zero-order chi connectivity index (χ0) is 15.2. The first-order valence-corrected chi connectivity index (χ1v) is 7.28. The van der Waals surface area contributed by atoms with Crippen LogP contribution in [0.3, 0.4) is 0 Å². The second kappa shape index (κ2) is 7.36. The molecule has 0 spiro atoms. The Kier molecular flexibility index (Phi) is 5.51. The van der Waals surface area contributed by atoms with E-state index in [2.05, 4.69) is 12.2 Å². The Morgan fingerprint density at radius 2 is 1.76 bits per heavy atom. The summed E-state index contributed by atoms with van der Waals surface area (Å²) in [5, 5.41) is 22.7. The molecule has 2 aromatic carbocycles. The second-order valence-corrected chi connectivity index (χ2v) is 5.46. The molecule has 0 fully saturated rings. The van der Waals surface area contributed by atoms with Gasteiger partial charge in [0, 0.05) is 12.6 Å². The summed E-state index contributed by atoms with van der Waals surface area (Å²) >= 11 is 0. The SMILES string of the molecule is Cc1ccc([C@@H](O)CN[C@@H](C)c2cccc(CO)c2)cc1. The van der Waals surface area contributed by atoms with Gasteiger partial charge in [-0.1, -0.05) is 54.1 Å². The van der Waals surface area contributed by atoms with Crippen molar-refractivity contribution in [3.63, 3.8) is 0 Å². The Balaban J connectivity index is 1.93. The number of aliphatic hydroxyl groups is 2. The minimum absolute atomic E-state index is 0.0482. The highest BCUT2D eigenvalue weighted by atomic mass is 16.3. The molecule has 0 amide bonds. The topological polar surface area (TPSA) is 52.5 Å². The highest BCUT2D eigenvalue weighted by molar-refractivity contribution is 5.26. The van der Waals surface area contributed by atoms with Crippen molar-refractivity contribution in [3.05, 3.63) is 70.8 Å². The van der Waals surface area contributed by atoms with E-state index in [-0.39, 0.29) is 12.6 Å². The van der Waals surface area contributed by atoms with Gasteiger partial charge in [0.1, 0.15) is 0 Å². The molecule has 0 saturated heterocycles. The average molecular weight is 285 g/mol. The van der Waals surface area contributed by atoms with Crippen LogP contribution in [-0.2, 0) is 6.61 Å². The largest absolute Gasteiger partial charge is 0.392 e. The van der Waals surface area contributed by atoms with Crippen molar-refractivity contribution in [2.75, 3.05) is 6.54 Å². The summed E-state index contributed by atoms with van der Waals surface area (Å²) in [5.74, 6) is 0. The van der Waals surface area contributed by atoms with Crippen molar-refractivity contribution in [1.82, 2.24) is 5.32 Å². The van der Waals surface area contributed by atoms with E-state index < -0.39 is 6.10 Å². The molecule has 0 bridgehead atoms. The average Bonchev–Trinajstić information content (AvgIpc) is 2.53. The lowest BCUT2D eigenvalue weighted by molar-refractivity contribution is 0.171. The van der Waals surface area contributed by atoms with Crippen molar-refractivity contribution in [2.45, 2.75) is 32.6 Å². The van der Waals surface area contributed by atoms with E-state index in [0.29, 0.717) is 6.54 Å². The summed E-state index contributed by atoms with van der Waals surface area (Å²) in [6.07, 6.45) is -0.519. The molecule has 0 heterocycles. The third-order valence-corrected chi connectivity index (χ3v) is 3.71. The summed E-state index contributed by atoms with van der Waals surface area (Å²) in [6.45, 7) is 4.63. The summed E-state index contributed by atoms with van der Waals surface area (Å²) < 4.78 is 0. The van der Waals surface area contributed by atoms with Crippen LogP contribution >= 0.6 is 0 Å². The van der Waals surface area contributed by atoms with Crippen molar-refractivity contribution < 1.29 is 10.2 Å². The molecule has 2 aromatic rings. The molecule has 2 atom stereocenters. The van der Waals surface area contributed by atoms with Crippen LogP contribution in [0.2, 0.25) is 0 Å². The highest BCUT2D eigenvalue weighted by Gasteiger charge is 2.10. The Morgan fingerprint density at radius 1 is 1.05 bits per heavy atom. The molecule has 2 rings (SSSR count). The predicted octanol–water partition coefficient (Wildman–Crippen LogP) is 2.87. The maximum absolute atomic E-state index is 10.2. The lowest BCUT2D eigenvalue weighted by Crippen LogP contribution is -2.24. The number of aryl methyl sites for hydroxylation is 1. The Labute approximate surface area is 126 Å². The van der Waals surface area contributed by atoms with E-state index in [1.807, 2.05) is 55.5 Å². The number of rotatable bonds is 6. The van der Waals surface area contributed by atoms with Gasteiger partial charge in [0.25, 0.3) is 0 Å². The zero-order valence-corrected chi connectivity index (χ0v) is 12.6. The molecular weight excluding hydrogens is 262 g/mol. The molecule has 21 heavy (non-hydrogen) atoms. The van der Waals surface area contributed by atoms with Gasteiger partial charge >= 0.3 is 0 Å². The van der Waals surface area contributed by atoms with Gasteiger partial charge in [-0.3, -0.25) is 0 Å². The third-order valence-electron chi connectivity index (χ3n) is 3.71. The van der Waals surface area contributed by atoms with Gasteiger partial charge in [0.2, 0.25) is 0 Å². The maximum Gasteiger partial charge on any atom is 0.0914 e. The van der Waals surface area contributed by atoms with Crippen LogP contribution in [0.5, 0.6) is 0 Å². The van der Waals surface area contributed by atoms with Crippen LogP contribution in [-0.4, -0.2) is 16.8 Å². The summed E-state index contributed by atoms with van der Waals surface area (Å²) in [7, 11) is 0. The molecule has 0 radical (unpaired) electrons. The smallest absolute Gasteiger partial charge is 0.0914 e. The summed E-state index contributed by atoms with van der Waals surface area (Å²) in [6, 6.07) is 15.9. The third kappa shape index (κ3) is 4.39. The van der Waals surface area contributed by atoms with Gasteiger partial charge in [-0.25, -0.2) is 0 Å². The Bertz CT molecular complexity index is 566. The van der Waals surface area contributed by atoms with Crippen molar-refractivity contribution in [3.8, 4) is 0 Å². The number of hydrogen-bond acceptors (Lipinski definition) is 3. The van der Waals surface area contributed by atoms with Gasteiger partial charge < -0.3 is 15.5 Å². The van der Waals surface area contributed by atoms with Gasteiger partial charge in [-0.2, -0.15) is 0 Å². The summed E-state index contributed by atoms with van der Waals surface area (Å²) in [4.78, 5) is 0. The van der Waals surface area contributed by atoms with E-state index >= 15 is 0 Å². The number of aliphatic hydroxyl groups excluding tert-OH is 2. The molecule has 0 aromatic heterocycles. The van der Waals surface area contributed by atoms with Gasteiger partial charge in [0.15, 0.2) is 0 Å². The summed E-state index contributed by atoms with van der Waals surface area (Å²) in [5.41, 5.74) is 4.12. The molecule has 0 unspecified atom stereocenters. The normalized spacial score (nSPS) is 13.9. The molecule has 0 saturated carbocycles. The quantitative estimate of drug-likeness (QED) is 0.765. The van der Waals surface area contributed by atoms with Crippen molar-refractivity contribution in [1.29, 1.82) is 0 Å². The van der Waals surface area contributed by atoms with E-state index in [9.17, 15) is 10.2 Å². The van der Waals surface area contributed by atoms with Gasteiger partial charge in [-0.15, -0.1) is 0 Å². The fourth-order valence-corrected chi connectivity index (χ4v) is 2.27. The zero-order valence-electron chi connectivity index (χ0n) is 12.6. The minimum atomic E-state index is -0.519. The lowest BCUT2D eigenvalue weighted by Gasteiger charge is -2.18. The molecule has 112 valence electrons. The molecular formula is C18H23NO2. The molecule has 0 aliphatic carbocycles. The van der Waals surface area contributed by atoms with E-state index in [0.717, 1.165) is 16.7 Å². The van der Waals surface area contributed by atoms with E-state index in [4.69, 9.17) is 0 Å². The van der Waals surface area contributed by atoms with Gasteiger partial charge in [0.05, 0.1) is 12.7 Å². The maximum atomic E-state index is 10.2. The number of nitrogens with one attached hydrogen (secondary N) is 1. The first-order chi connectivity index (χ1) is 10.1. The molecule has 3 N–H and O–H groups in total. The van der Waals surface area contributed by atoms with Crippen LogP contribution in [0.15, 0.2) is 48.5 Å². The van der Waals surface area contributed by atoms with Crippen molar-refractivity contribution in [2.24, 2.45) is 0 Å². The van der Waals surface area contributed by atoms with Gasteiger partial charge in [-0.05, 0) is 30.5 Å². The lowest BCUT2D eigenvalue weighted by atomic mass is 10.0. The van der Waals surface area contributed by atoms with Crippen LogP contribution in [0.1, 0.15) is 41.3 Å². The van der Waals surface area contributed by atoms with E-state index in [1.165, 1.54) is 5.56 Å². The first kappa shape index (κ1) is 15.7. The fourth-order valence-electron chi connectivity index (χ4n) is 2.27. The molecule has 3 heteroatoms. The number of hydrogen-bond donors (Lipinski definition) is 3. The second-order valence-electron chi connectivity index (χ2n) is 5.46. The minimum Gasteiger partial charge on any atom is -0.392 e. The molecule has 3 nitrogen and oxygen atoms in total. The fraction of sp³-hybridized carbons (Fsp3) is 0.333. The van der Waals surface area contributed by atoms with Crippen LogP contribution in [0.25, 0.3) is 0 Å². The standard InChI is InChI=1S/C18H23NO2/c1-13-6-8-16(9-7-13)18(21)11-19-14(2)17-5-3-4-15(10-17)12-20/h3-10,14,18-21H,11-12H2,1-2H3/t14-,18-/m0/s1. The Morgan fingerprint density at radius 3 is 2.43 bits per heavy atom. The van der Waals surface area contributed by atoms with Crippen molar-refractivity contribution >= 4 is 0 Å². The Hall–Kier alpha value is -1.68. The molecule has 0 aliphatic heterocycles. The van der Waals surface area contributed by atoms with E-state index in [1.54, 1.807) is 0 Å². The van der Waals surface area contributed by atoms with Crippen LogP contribution in [0.4, 0.5) is 0 Å². The highest BCUT2D eigenvalue weighted by Crippen LogP contribution is 2.17. The number of benzene rings is 2. The monoisotopic (exact) mass is 285 g/mol. The first-order valence-electron chi connectivity index (χ1n) is 7.28. The van der Waals surface area contributed by atoms with Crippen LogP contribution < -0.4 is 5.32 Å².